The van der Waals surface area contributed by atoms with Gasteiger partial charge in [0.15, 0.2) is 0 Å². The molecule has 0 amide bonds. The standard InChI is InChI=1S/C20H10Br2N4S.C6H4Br2N4S/c21-13-17-18(14(22)20-19(13)25-27-26-20)24-16(12-9-5-2-6-10-12)15(23-17)11-7-3-1-4-8-11;7-1-3(9)4(10)2(8)6-5(1)11-13-12-6/h1-10H;9-10H2. The molecule has 0 saturated heterocycles. The van der Waals surface area contributed by atoms with Gasteiger partial charge >= 0.3 is 0 Å². The lowest BCUT2D eigenvalue weighted by molar-refractivity contribution is 1.28. The number of rotatable bonds is 2. The maximum absolute atomic E-state index is 5.74. The molecule has 3 heterocycles. The third-order valence-corrected chi connectivity index (χ3v) is 10.1. The van der Waals surface area contributed by atoms with Gasteiger partial charge in [-0.05, 0) is 63.7 Å². The Kier molecular flexibility index (Phi) is 7.81. The molecule has 3 aromatic heterocycles. The maximum atomic E-state index is 5.74. The van der Waals surface area contributed by atoms with E-state index in [0.29, 0.717) is 20.3 Å². The van der Waals surface area contributed by atoms with Crippen LogP contribution in [0, 0.1) is 0 Å². The number of anilines is 2. The van der Waals surface area contributed by atoms with Gasteiger partial charge in [0.25, 0.3) is 0 Å². The number of nitrogen functional groups attached to an aromatic ring is 2. The molecule has 4 aromatic carbocycles. The Balaban J connectivity index is 0.000000187. The summed E-state index contributed by atoms with van der Waals surface area (Å²) in [7, 11) is 0. The fourth-order valence-corrected chi connectivity index (χ4v) is 7.68. The van der Waals surface area contributed by atoms with Gasteiger partial charge in [0.05, 0.1) is 64.1 Å². The van der Waals surface area contributed by atoms with Crippen LogP contribution in [0.5, 0.6) is 0 Å². The third kappa shape index (κ3) is 4.80. The van der Waals surface area contributed by atoms with E-state index in [1.807, 2.05) is 60.7 Å². The predicted octanol–water partition coefficient (Wildman–Crippen LogP) is 8.87. The van der Waals surface area contributed by atoms with Gasteiger partial charge in [-0.1, -0.05) is 60.7 Å². The van der Waals surface area contributed by atoms with Crippen LogP contribution >= 0.6 is 87.2 Å². The number of nitrogens with two attached hydrogens (primary N) is 2. The van der Waals surface area contributed by atoms with Crippen molar-refractivity contribution in [2.75, 3.05) is 11.5 Å². The molecule has 7 aromatic rings. The van der Waals surface area contributed by atoms with Crippen molar-refractivity contribution in [1.82, 2.24) is 27.5 Å². The Morgan fingerprint density at radius 3 is 1.12 bits per heavy atom. The molecule has 0 saturated carbocycles. The molecule has 14 heteroatoms. The van der Waals surface area contributed by atoms with Gasteiger partial charge in [-0.25, -0.2) is 9.97 Å². The summed E-state index contributed by atoms with van der Waals surface area (Å²) in [5.41, 5.74) is 20.8. The van der Waals surface area contributed by atoms with Crippen LogP contribution in [0.15, 0.2) is 78.6 Å². The average Bonchev–Trinajstić information content (AvgIpc) is 3.70. The van der Waals surface area contributed by atoms with E-state index in [2.05, 4.69) is 81.2 Å². The quantitative estimate of drug-likeness (QED) is 0.166. The van der Waals surface area contributed by atoms with E-state index < -0.39 is 0 Å². The van der Waals surface area contributed by atoms with Crippen LogP contribution in [0.4, 0.5) is 11.4 Å². The van der Waals surface area contributed by atoms with Crippen LogP contribution in [-0.2, 0) is 0 Å². The summed E-state index contributed by atoms with van der Waals surface area (Å²) in [5, 5.41) is 0. The first kappa shape index (κ1) is 27.5. The minimum absolute atomic E-state index is 0.493. The van der Waals surface area contributed by atoms with Crippen molar-refractivity contribution in [2.24, 2.45) is 0 Å². The monoisotopic (exact) mass is 818 g/mol. The zero-order chi connectivity index (χ0) is 28.0. The second kappa shape index (κ2) is 11.3. The summed E-state index contributed by atoms with van der Waals surface area (Å²) in [6.07, 6.45) is 0. The van der Waals surface area contributed by atoms with Crippen LogP contribution in [0.1, 0.15) is 0 Å². The SMILES string of the molecule is Brc1c2nsnc2c(Br)c2nc(-c3ccccc3)c(-c3ccccc3)nc12.Nc1c(N)c(Br)c2nsnc2c1Br. The molecule has 0 aliphatic carbocycles. The number of halogens is 4. The van der Waals surface area contributed by atoms with Crippen molar-refractivity contribution >= 4 is 132 Å². The highest BCUT2D eigenvalue weighted by Gasteiger charge is 2.21. The van der Waals surface area contributed by atoms with Gasteiger partial charge < -0.3 is 11.5 Å². The molecular formula is C26H14Br4N8S2. The lowest BCUT2D eigenvalue weighted by Gasteiger charge is -2.12. The first-order valence-corrected chi connectivity index (χ1v) is 16.1. The van der Waals surface area contributed by atoms with Crippen LogP contribution in [-0.4, -0.2) is 27.5 Å². The van der Waals surface area contributed by atoms with Crippen LogP contribution in [0.2, 0.25) is 0 Å². The summed E-state index contributed by atoms with van der Waals surface area (Å²) >= 11 is 16.3. The zero-order valence-electron chi connectivity index (χ0n) is 19.9. The molecule has 8 nitrogen and oxygen atoms in total. The highest BCUT2D eigenvalue weighted by Crippen LogP contribution is 2.41. The summed E-state index contributed by atoms with van der Waals surface area (Å²) in [5.74, 6) is 0. The van der Waals surface area contributed by atoms with E-state index in [1.54, 1.807) is 0 Å². The zero-order valence-corrected chi connectivity index (χ0v) is 27.9. The number of benzene rings is 4. The smallest absolute Gasteiger partial charge is 0.122 e. The van der Waals surface area contributed by atoms with Gasteiger partial charge in [-0.3, -0.25) is 0 Å². The van der Waals surface area contributed by atoms with E-state index in [-0.39, 0.29) is 0 Å². The Morgan fingerprint density at radius 2 is 0.775 bits per heavy atom. The van der Waals surface area contributed by atoms with Crippen LogP contribution < -0.4 is 11.5 Å². The number of fused-ring (bicyclic) bond motifs is 3. The Morgan fingerprint density at radius 1 is 0.450 bits per heavy atom. The molecule has 40 heavy (non-hydrogen) atoms. The lowest BCUT2D eigenvalue weighted by Crippen LogP contribution is -1.97. The molecule has 7 rings (SSSR count). The maximum Gasteiger partial charge on any atom is 0.122 e. The molecule has 0 bridgehead atoms. The minimum Gasteiger partial charge on any atom is -0.396 e. The summed E-state index contributed by atoms with van der Waals surface area (Å²) in [6.45, 7) is 0. The summed E-state index contributed by atoms with van der Waals surface area (Å²) in [6, 6.07) is 20.2. The summed E-state index contributed by atoms with van der Waals surface area (Å²) in [4.78, 5) is 10.0. The van der Waals surface area contributed by atoms with E-state index in [9.17, 15) is 0 Å². The molecule has 0 aliphatic heterocycles. The molecule has 0 fully saturated rings. The van der Waals surface area contributed by atoms with Crippen LogP contribution in [0.3, 0.4) is 0 Å². The highest BCUT2D eigenvalue weighted by atomic mass is 79.9. The highest BCUT2D eigenvalue weighted by molar-refractivity contribution is 9.11. The van der Waals surface area contributed by atoms with Crippen molar-refractivity contribution in [3.63, 3.8) is 0 Å². The number of aromatic nitrogens is 6. The Labute approximate surface area is 269 Å². The minimum atomic E-state index is 0.493. The first-order chi connectivity index (χ1) is 19.4. The molecule has 0 unspecified atom stereocenters. The number of hydrogen-bond donors (Lipinski definition) is 2. The second-order valence-corrected chi connectivity index (χ2v) is 12.6. The van der Waals surface area contributed by atoms with Gasteiger partial charge in [0.1, 0.15) is 33.1 Å². The molecule has 0 radical (unpaired) electrons. The number of nitrogens with zero attached hydrogens (tertiary/aromatic N) is 6. The molecule has 198 valence electrons. The van der Waals surface area contributed by atoms with Crippen molar-refractivity contribution in [2.45, 2.75) is 0 Å². The van der Waals surface area contributed by atoms with Crippen molar-refractivity contribution in [3.05, 3.63) is 78.6 Å². The largest absolute Gasteiger partial charge is 0.396 e. The Bertz CT molecular complexity index is 1890. The van der Waals surface area contributed by atoms with E-state index in [0.717, 1.165) is 76.3 Å². The third-order valence-electron chi connectivity index (χ3n) is 5.98. The topological polar surface area (TPSA) is 129 Å². The Hall–Kier alpha value is -2.62. The molecule has 0 atom stereocenters. The van der Waals surface area contributed by atoms with Crippen molar-refractivity contribution < 1.29 is 0 Å². The molecule has 4 N–H and O–H groups in total. The number of hydrogen-bond acceptors (Lipinski definition) is 10. The van der Waals surface area contributed by atoms with E-state index in [1.165, 1.54) is 11.7 Å². The van der Waals surface area contributed by atoms with Crippen molar-refractivity contribution in [1.29, 1.82) is 0 Å². The van der Waals surface area contributed by atoms with Gasteiger partial charge in [0, 0.05) is 11.1 Å². The first-order valence-electron chi connectivity index (χ1n) is 11.4. The lowest BCUT2D eigenvalue weighted by atomic mass is 10.0. The van der Waals surface area contributed by atoms with Crippen LogP contribution in [0.25, 0.3) is 55.6 Å². The average molecular weight is 822 g/mol. The van der Waals surface area contributed by atoms with E-state index in [4.69, 9.17) is 21.4 Å². The molecule has 0 aliphatic rings. The van der Waals surface area contributed by atoms with E-state index >= 15 is 0 Å². The van der Waals surface area contributed by atoms with Gasteiger partial charge in [0.2, 0.25) is 0 Å². The fraction of sp³-hybridized carbons (Fsp3) is 0. The predicted molar refractivity (Wildman–Crippen MR) is 178 cm³/mol. The van der Waals surface area contributed by atoms with Crippen molar-refractivity contribution in [3.8, 4) is 22.5 Å². The normalized spacial score (nSPS) is 11.2. The van der Waals surface area contributed by atoms with Gasteiger partial charge in [-0.2, -0.15) is 17.5 Å². The molecule has 0 spiro atoms. The van der Waals surface area contributed by atoms with Gasteiger partial charge in [-0.15, -0.1) is 0 Å². The summed E-state index contributed by atoms with van der Waals surface area (Å²) < 4.78 is 20.0. The second-order valence-electron chi connectivity index (χ2n) is 8.36. The molecular weight excluding hydrogens is 808 g/mol. The fourth-order valence-electron chi connectivity index (χ4n) is 4.01.